The Labute approximate surface area is 194 Å². The number of fused-ring (bicyclic) bond motifs is 1. The zero-order valence-electron chi connectivity index (χ0n) is 19.5. The van der Waals surface area contributed by atoms with Crippen molar-refractivity contribution in [2.75, 3.05) is 20.2 Å². The number of furan rings is 1. The Morgan fingerprint density at radius 2 is 1.94 bits per heavy atom. The van der Waals surface area contributed by atoms with Crippen LogP contribution in [-0.4, -0.2) is 35.6 Å². The summed E-state index contributed by atoms with van der Waals surface area (Å²) in [5.74, 6) is 1.20. The number of methoxy groups -OCH3 is 1. The van der Waals surface area contributed by atoms with E-state index in [0.29, 0.717) is 41.7 Å². The molecule has 3 heterocycles. The summed E-state index contributed by atoms with van der Waals surface area (Å²) in [6, 6.07) is 13.7. The molecule has 1 aromatic carbocycles. The Bertz CT molecular complexity index is 1150. The summed E-state index contributed by atoms with van der Waals surface area (Å²) in [6.07, 6.45) is 2.15. The molecule has 0 atom stereocenters. The molecule has 7 heteroatoms. The molecular formula is C26H31N3O4. The number of nitrogens with one attached hydrogen (secondary N) is 1. The summed E-state index contributed by atoms with van der Waals surface area (Å²) in [5.41, 5.74) is 3.56. The van der Waals surface area contributed by atoms with Crippen molar-refractivity contribution < 1.29 is 13.9 Å². The standard InChI is InChI=1S/C26H31N3O4/c1-18(2)20-8-6-19(7-9-20)17-28-11-10-22-25(26(31)27-16-21-5-4-14-33-21)23(32-3)15-24(30)29(22)13-12-28/h4-9,14-15,18H,10-13,16-17H2,1-3H3,(H,27,31). The molecule has 0 saturated carbocycles. The fourth-order valence-corrected chi connectivity index (χ4v) is 4.29. The second kappa shape index (κ2) is 10.1. The van der Waals surface area contributed by atoms with Crippen LogP contribution in [0.2, 0.25) is 0 Å². The Kier molecular flexibility index (Phi) is 6.99. The molecular weight excluding hydrogens is 418 g/mol. The van der Waals surface area contributed by atoms with Crippen LogP contribution >= 0.6 is 0 Å². The molecule has 174 valence electrons. The van der Waals surface area contributed by atoms with Crippen molar-refractivity contribution in [1.82, 2.24) is 14.8 Å². The number of ether oxygens (including phenoxy) is 1. The maximum absolute atomic E-state index is 13.1. The summed E-state index contributed by atoms with van der Waals surface area (Å²) >= 11 is 0. The van der Waals surface area contributed by atoms with Gasteiger partial charge in [-0.3, -0.25) is 14.5 Å². The topological polar surface area (TPSA) is 76.7 Å². The SMILES string of the molecule is COc1cc(=O)n2c(c1C(=O)NCc1ccco1)CCN(Cc1ccc(C(C)C)cc1)CC2. The molecule has 0 fully saturated rings. The molecule has 1 amide bonds. The summed E-state index contributed by atoms with van der Waals surface area (Å²) in [7, 11) is 1.49. The minimum atomic E-state index is -0.273. The van der Waals surface area contributed by atoms with Gasteiger partial charge in [0.25, 0.3) is 11.5 Å². The van der Waals surface area contributed by atoms with Gasteiger partial charge in [-0.25, -0.2) is 0 Å². The number of carbonyl (C=O) groups excluding carboxylic acids is 1. The maximum Gasteiger partial charge on any atom is 0.257 e. The summed E-state index contributed by atoms with van der Waals surface area (Å²) in [6.45, 7) is 7.46. The van der Waals surface area contributed by atoms with E-state index in [1.54, 1.807) is 23.0 Å². The molecule has 1 aliphatic rings. The normalized spacial score (nSPS) is 14.1. The molecule has 3 aromatic rings. The fraction of sp³-hybridized carbons (Fsp3) is 0.385. The molecule has 7 nitrogen and oxygen atoms in total. The fourth-order valence-electron chi connectivity index (χ4n) is 4.29. The third kappa shape index (κ3) is 5.20. The van der Waals surface area contributed by atoms with Crippen molar-refractivity contribution in [3.8, 4) is 5.75 Å². The summed E-state index contributed by atoms with van der Waals surface area (Å²) < 4.78 is 12.5. The van der Waals surface area contributed by atoms with E-state index in [-0.39, 0.29) is 18.0 Å². The second-order valence-corrected chi connectivity index (χ2v) is 8.71. The van der Waals surface area contributed by atoms with Gasteiger partial charge in [-0.1, -0.05) is 38.1 Å². The molecule has 0 aliphatic carbocycles. The first-order valence-electron chi connectivity index (χ1n) is 11.4. The van der Waals surface area contributed by atoms with Crippen molar-refractivity contribution in [1.29, 1.82) is 0 Å². The molecule has 1 N–H and O–H groups in total. The van der Waals surface area contributed by atoms with Gasteiger partial charge in [-0.05, 0) is 29.2 Å². The van der Waals surface area contributed by atoms with E-state index in [4.69, 9.17) is 9.15 Å². The van der Waals surface area contributed by atoms with Gasteiger partial charge >= 0.3 is 0 Å². The number of nitrogens with zero attached hydrogens (tertiary/aromatic N) is 2. The number of pyridine rings is 1. The lowest BCUT2D eigenvalue weighted by molar-refractivity contribution is 0.0942. The molecule has 33 heavy (non-hydrogen) atoms. The van der Waals surface area contributed by atoms with Crippen LogP contribution in [0.4, 0.5) is 0 Å². The molecule has 2 aromatic heterocycles. The van der Waals surface area contributed by atoms with Crippen molar-refractivity contribution in [3.63, 3.8) is 0 Å². The van der Waals surface area contributed by atoms with Gasteiger partial charge in [0.1, 0.15) is 17.1 Å². The van der Waals surface area contributed by atoms with Crippen LogP contribution in [0.25, 0.3) is 0 Å². The zero-order chi connectivity index (χ0) is 23.4. The predicted octanol–water partition coefficient (Wildman–Crippen LogP) is 3.56. The number of aromatic nitrogens is 1. The molecule has 0 unspecified atom stereocenters. The van der Waals surface area contributed by atoms with Crippen LogP contribution in [0.5, 0.6) is 5.75 Å². The number of amides is 1. The van der Waals surface area contributed by atoms with E-state index in [2.05, 4.69) is 48.3 Å². The second-order valence-electron chi connectivity index (χ2n) is 8.71. The molecule has 0 spiro atoms. The number of benzene rings is 1. The predicted molar refractivity (Wildman–Crippen MR) is 127 cm³/mol. The number of rotatable bonds is 7. The first-order chi connectivity index (χ1) is 16.0. The Hall–Kier alpha value is -3.32. The zero-order valence-corrected chi connectivity index (χ0v) is 19.5. The van der Waals surface area contributed by atoms with E-state index in [1.807, 2.05) is 0 Å². The van der Waals surface area contributed by atoms with Gasteiger partial charge in [0, 0.05) is 44.4 Å². The molecule has 4 rings (SSSR count). The Morgan fingerprint density at radius 3 is 2.61 bits per heavy atom. The lowest BCUT2D eigenvalue weighted by Crippen LogP contribution is -2.31. The monoisotopic (exact) mass is 449 g/mol. The van der Waals surface area contributed by atoms with Gasteiger partial charge in [-0.2, -0.15) is 0 Å². The van der Waals surface area contributed by atoms with E-state index in [0.717, 1.165) is 19.6 Å². The van der Waals surface area contributed by atoms with E-state index in [9.17, 15) is 9.59 Å². The van der Waals surface area contributed by atoms with Gasteiger partial charge in [0.05, 0.1) is 19.9 Å². The van der Waals surface area contributed by atoms with E-state index >= 15 is 0 Å². The first kappa shape index (κ1) is 22.9. The van der Waals surface area contributed by atoms with Gasteiger partial charge in [0.15, 0.2) is 0 Å². The molecule has 0 radical (unpaired) electrons. The average molecular weight is 450 g/mol. The molecule has 0 bridgehead atoms. The average Bonchev–Trinajstić information content (AvgIpc) is 3.25. The molecule has 1 aliphatic heterocycles. The highest BCUT2D eigenvalue weighted by Gasteiger charge is 2.25. The summed E-state index contributed by atoms with van der Waals surface area (Å²) in [5, 5.41) is 2.89. The van der Waals surface area contributed by atoms with Crippen LogP contribution < -0.4 is 15.6 Å². The van der Waals surface area contributed by atoms with Crippen molar-refractivity contribution in [3.05, 3.63) is 87.2 Å². The summed E-state index contributed by atoms with van der Waals surface area (Å²) in [4.78, 5) is 28.2. The van der Waals surface area contributed by atoms with Gasteiger partial charge in [-0.15, -0.1) is 0 Å². The minimum absolute atomic E-state index is 0.146. The van der Waals surface area contributed by atoms with Crippen molar-refractivity contribution in [2.45, 2.75) is 45.8 Å². The maximum atomic E-state index is 13.1. The quantitative estimate of drug-likeness (QED) is 0.597. The van der Waals surface area contributed by atoms with Crippen LogP contribution in [0, 0.1) is 0 Å². The Morgan fingerprint density at radius 1 is 1.15 bits per heavy atom. The highest BCUT2D eigenvalue weighted by Crippen LogP contribution is 2.24. The highest BCUT2D eigenvalue weighted by atomic mass is 16.5. The first-order valence-corrected chi connectivity index (χ1v) is 11.4. The minimum Gasteiger partial charge on any atom is -0.496 e. The van der Waals surface area contributed by atoms with Crippen molar-refractivity contribution >= 4 is 5.91 Å². The molecule has 0 saturated heterocycles. The van der Waals surface area contributed by atoms with Gasteiger partial charge < -0.3 is 19.0 Å². The Balaban J connectivity index is 1.54. The lowest BCUT2D eigenvalue weighted by Gasteiger charge is -2.19. The number of hydrogen-bond acceptors (Lipinski definition) is 5. The van der Waals surface area contributed by atoms with E-state index in [1.165, 1.54) is 24.3 Å². The van der Waals surface area contributed by atoms with Crippen LogP contribution in [0.1, 0.15) is 52.7 Å². The highest BCUT2D eigenvalue weighted by molar-refractivity contribution is 5.98. The third-order valence-corrected chi connectivity index (χ3v) is 6.19. The van der Waals surface area contributed by atoms with E-state index < -0.39 is 0 Å². The van der Waals surface area contributed by atoms with Crippen LogP contribution in [0.15, 0.2) is 57.9 Å². The van der Waals surface area contributed by atoms with Crippen LogP contribution in [-0.2, 0) is 26.1 Å². The number of carbonyl (C=O) groups is 1. The van der Waals surface area contributed by atoms with Crippen molar-refractivity contribution in [2.24, 2.45) is 0 Å². The third-order valence-electron chi connectivity index (χ3n) is 6.19. The van der Waals surface area contributed by atoms with Gasteiger partial charge in [0.2, 0.25) is 0 Å². The van der Waals surface area contributed by atoms with Crippen LogP contribution in [0.3, 0.4) is 0 Å². The lowest BCUT2D eigenvalue weighted by atomic mass is 10.0. The largest absolute Gasteiger partial charge is 0.496 e. The smallest absolute Gasteiger partial charge is 0.257 e. The number of hydrogen-bond donors (Lipinski definition) is 1.